The minimum atomic E-state index is -0.537. The zero-order valence-electron chi connectivity index (χ0n) is 20.6. The summed E-state index contributed by atoms with van der Waals surface area (Å²) in [5, 5.41) is 8.04. The van der Waals surface area contributed by atoms with Crippen molar-refractivity contribution >= 4 is 44.5 Å². The second kappa shape index (κ2) is 12.3. The SMILES string of the molecule is NCC(=O)OCc1cc(Cl)c(OCc2cccc(-c3ccccc3)c2Br)cc1OCc1ccc2nonc2c1. The van der Waals surface area contributed by atoms with Gasteiger partial charge in [-0.3, -0.25) is 4.79 Å². The molecule has 39 heavy (non-hydrogen) atoms. The molecule has 1 heterocycles. The van der Waals surface area contributed by atoms with Gasteiger partial charge in [0.2, 0.25) is 0 Å². The molecule has 0 saturated carbocycles. The summed E-state index contributed by atoms with van der Waals surface area (Å²) in [6, 6.07) is 24.9. The number of esters is 1. The van der Waals surface area contributed by atoms with Crippen LogP contribution in [0, 0.1) is 0 Å². The minimum Gasteiger partial charge on any atom is -0.488 e. The maximum atomic E-state index is 11.7. The standard InChI is InChI=1S/C29H23BrClN3O5/c30-29-20(7-4-8-22(29)19-5-2-1-3-6-19)16-37-27-13-26(21(12-23(27)31)17-38-28(35)14-32)36-15-18-9-10-24-25(11-18)34-39-33-24/h1-13H,14-17,32H2. The van der Waals surface area contributed by atoms with Crippen LogP contribution in [0.15, 0.2) is 88.0 Å². The molecule has 0 aliphatic rings. The Morgan fingerprint density at radius 3 is 2.46 bits per heavy atom. The number of halogens is 2. The highest BCUT2D eigenvalue weighted by Gasteiger charge is 2.15. The van der Waals surface area contributed by atoms with Crippen molar-refractivity contribution < 1.29 is 23.6 Å². The molecule has 0 aliphatic heterocycles. The molecule has 4 aromatic carbocycles. The van der Waals surface area contributed by atoms with E-state index in [0.29, 0.717) is 33.1 Å². The van der Waals surface area contributed by atoms with Crippen LogP contribution in [0.1, 0.15) is 16.7 Å². The number of carbonyl (C=O) groups is 1. The number of nitrogens with two attached hydrogens (primary N) is 1. The summed E-state index contributed by atoms with van der Waals surface area (Å²) in [7, 11) is 0. The van der Waals surface area contributed by atoms with Gasteiger partial charge in [-0.05, 0) is 61.1 Å². The van der Waals surface area contributed by atoms with E-state index in [-0.39, 0.29) is 26.4 Å². The van der Waals surface area contributed by atoms with Crippen LogP contribution in [0.25, 0.3) is 22.2 Å². The summed E-state index contributed by atoms with van der Waals surface area (Å²) in [6.07, 6.45) is 0. The van der Waals surface area contributed by atoms with E-state index >= 15 is 0 Å². The first-order chi connectivity index (χ1) is 19.0. The fourth-order valence-electron chi connectivity index (χ4n) is 3.92. The molecular weight excluding hydrogens is 586 g/mol. The number of rotatable bonds is 10. The van der Waals surface area contributed by atoms with Gasteiger partial charge >= 0.3 is 5.97 Å². The minimum absolute atomic E-state index is 0.0533. The summed E-state index contributed by atoms with van der Waals surface area (Å²) in [4.78, 5) is 11.7. The lowest BCUT2D eigenvalue weighted by atomic mass is 10.0. The highest BCUT2D eigenvalue weighted by molar-refractivity contribution is 9.10. The van der Waals surface area contributed by atoms with Crippen LogP contribution < -0.4 is 15.2 Å². The van der Waals surface area contributed by atoms with Gasteiger partial charge in [0.25, 0.3) is 0 Å². The fourth-order valence-corrected chi connectivity index (χ4v) is 4.77. The van der Waals surface area contributed by atoms with E-state index in [4.69, 9.17) is 36.2 Å². The molecule has 0 amide bonds. The molecule has 0 bridgehead atoms. The van der Waals surface area contributed by atoms with Crippen molar-refractivity contribution in [1.82, 2.24) is 10.3 Å². The molecule has 5 aromatic rings. The number of ether oxygens (including phenoxy) is 3. The average molecular weight is 609 g/mol. The zero-order valence-corrected chi connectivity index (χ0v) is 22.9. The molecule has 0 atom stereocenters. The Hall–Kier alpha value is -3.92. The molecule has 10 heteroatoms. The van der Waals surface area contributed by atoms with Gasteiger partial charge < -0.3 is 19.9 Å². The first-order valence-electron chi connectivity index (χ1n) is 12.0. The highest BCUT2D eigenvalue weighted by Crippen LogP contribution is 2.36. The van der Waals surface area contributed by atoms with Crippen LogP contribution in [-0.2, 0) is 29.4 Å². The Balaban J connectivity index is 1.37. The molecule has 0 spiro atoms. The van der Waals surface area contributed by atoms with Gasteiger partial charge in [-0.2, -0.15) is 0 Å². The van der Waals surface area contributed by atoms with Crippen LogP contribution in [0.3, 0.4) is 0 Å². The van der Waals surface area contributed by atoms with E-state index in [0.717, 1.165) is 26.7 Å². The molecule has 8 nitrogen and oxygen atoms in total. The Labute approximate surface area is 237 Å². The Bertz CT molecular complexity index is 1610. The maximum Gasteiger partial charge on any atom is 0.320 e. The van der Waals surface area contributed by atoms with Gasteiger partial charge in [-0.25, -0.2) is 4.63 Å². The van der Waals surface area contributed by atoms with Gasteiger partial charge in [0, 0.05) is 21.7 Å². The van der Waals surface area contributed by atoms with E-state index in [1.54, 1.807) is 18.2 Å². The van der Waals surface area contributed by atoms with Crippen LogP contribution in [0.4, 0.5) is 0 Å². The van der Waals surface area contributed by atoms with E-state index < -0.39 is 5.97 Å². The van der Waals surface area contributed by atoms with Crippen molar-refractivity contribution in [2.75, 3.05) is 6.54 Å². The number of aromatic nitrogens is 2. The summed E-state index contributed by atoms with van der Waals surface area (Å²) in [5.74, 6) is 0.341. The summed E-state index contributed by atoms with van der Waals surface area (Å²) in [6.45, 7) is 0.195. The highest BCUT2D eigenvalue weighted by atomic mass is 79.9. The first-order valence-corrected chi connectivity index (χ1v) is 13.2. The normalized spacial score (nSPS) is 10.9. The van der Waals surface area contributed by atoms with Crippen LogP contribution in [0.5, 0.6) is 11.5 Å². The molecule has 198 valence electrons. The van der Waals surface area contributed by atoms with Crippen LogP contribution >= 0.6 is 27.5 Å². The quantitative estimate of drug-likeness (QED) is 0.180. The van der Waals surface area contributed by atoms with Crippen molar-refractivity contribution in [3.8, 4) is 22.6 Å². The maximum absolute atomic E-state index is 11.7. The Morgan fingerprint density at radius 2 is 1.64 bits per heavy atom. The second-order valence-corrected chi connectivity index (χ2v) is 9.76. The van der Waals surface area contributed by atoms with E-state index in [1.807, 2.05) is 48.5 Å². The van der Waals surface area contributed by atoms with E-state index in [2.05, 4.69) is 38.4 Å². The molecule has 0 saturated heterocycles. The number of fused-ring (bicyclic) bond motifs is 1. The van der Waals surface area contributed by atoms with Gasteiger partial charge in [0.1, 0.15) is 42.4 Å². The lowest BCUT2D eigenvalue weighted by Crippen LogP contribution is -2.16. The molecular formula is C29H23BrClN3O5. The number of hydrogen-bond donors (Lipinski definition) is 1. The largest absolute Gasteiger partial charge is 0.488 e. The topological polar surface area (TPSA) is 110 Å². The van der Waals surface area contributed by atoms with E-state index in [1.165, 1.54) is 0 Å². The Kier molecular flexibility index (Phi) is 8.41. The van der Waals surface area contributed by atoms with Crippen molar-refractivity contribution in [2.24, 2.45) is 5.73 Å². The third-order valence-corrected chi connectivity index (χ3v) is 7.16. The fraction of sp³-hybridized carbons (Fsp3) is 0.138. The molecule has 0 fully saturated rings. The lowest BCUT2D eigenvalue weighted by molar-refractivity contribution is -0.143. The van der Waals surface area contributed by atoms with Crippen molar-refractivity contribution in [3.05, 3.63) is 105 Å². The van der Waals surface area contributed by atoms with Crippen molar-refractivity contribution in [1.29, 1.82) is 0 Å². The molecule has 5 rings (SSSR count). The van der Waals surface area contributed by atoms with E-state index in [9.17, 15) is 4.79 Å². The first kappa shape index (κ1) is 26.7. The van der Waals surface area contributed by atoms with Crippen molar-refractivity contribution in [2.45, 2.75) is 19.8 Å². The molecule has 0 radical (unpaired) electrons. The monoisotopic (exact) mass is 607 g/mol. The average Bonchev–Trinajstić information content (AvgIpc) is 3.44. The van der Waals surface area contributed by atoms with Crippen molar-refractivity contribution in [3.63, 3.8) is 0 Å². The summed E-state index contributed by atoms with van der Waals surface area (Å²) in [5.41, 5.74) is 11.2. The number of carbonyl (C=O) groups excluding carboxylic acids is 1. The van der Waals surface area contributed by atoms with Crippen LogP contribution in [0.2, 0.25) is 5.02 Å². The Morgan fingerprint density at radius 1 is 0.846 bits per heavy atom. The number of hydrogen-bond acceptors (Lipinski definition) is 8. The van der Waals surface area contributed by atoms with Gasteiger partial charge in [-0.1, -0.05) is 66.2 Å². The third-order valence-electron chi connectivity index (χ3n) is 5.93. The number of benzene rings is 4. The lowest BCUT2D eigenvalue weighted by Gasteiger charge is -2.17. The number of nitrogens with zero attached hydrogens (tertiary/aromatic N) is 2. The molecule has 2 N–H and O–H groups in total. The van der Waals surface area contributed by atoms with Gasteiger partial charge in [0.05, 0.1) is 11.6 Å². The molecule has 0 unspecified atom stereocenters. The summed E-state index contributed by atoms with van der Waals surface area (Å²) < 4.78 is 23.2. The third kappa shape index (κ3) is 6.39. The summed E-state index contributed by atoms with van der Waals surface area (Å²) >= 11 is 10.3. The molecule has 1 aromatic heterocycles. The predicted molar refractivity (Wildman–Crippen MR) is 150 cm³/mol. The van der Waals surface area contributed by atoms with Gasteiger partial charge in [-0.15, -0.1) is 0 Å². The zero-order chi connectivity index (χ0) is 27.2. The molecule has 0 aliphatic carbocycles. The smallest absolute Gasteiger partial charge is 0.320 e. The second-order valence-electron chi connectivity index (χ2n) is 8.56. The van der Waals surface area contributed by atoms with Gasteiger partial charge in [0.15, 0.2) is 0 Å². The predicted octanol–water partition coefficient (Wildman–Crippen LogP) is 6.47. The van der Waals surface area contributed by atoms with Crippen LogP contribution in [-0.4, -0.2) is 22.8 Å².